The summed E-state index contributed by atoms with van der Waals surface area (Å²) in [6.45, 7) is 8.76. The Morgan fingerprint density at radius 3 is 2.49 bits per heavy atom. The fourth-order valence-corrected chi connectivity index (χ4v) is 6.95. The van der Waals surface area contributed by atoms with E-state index >= 15 is 0 Å². The van der Waals surface area contributed by atoms with Gasteiger partial charge in [-0.25, -0.2) is 0 Å². The zero-order valence-electron chi connectivity index (χ0n) is 24.3. The number of carbonyl (C=O) groups is 3. The molecule has 0 unspecified atom stereocenters. The Bertz CT molecular complexity index is 1340. The molecule has 9 nitrogen and oxygen atoms in total. The third-order valence-electron chi connectivity index (χ3n) is 9.08. The number of nitrogens with zero attached hydrogens (tertiary/aromatic N) is 4. The standard InChI is InChI=1S/C32H40N4O5/c1-32(2)20-24(12-18-41-32)36-30(38)26-10-5-11-27(28(26)31(36)39)35-13-6-7-22(21-35)29(37)34-16-14-33(15-17-34)23-8-4-9-25(19-23)40-3/h4-5,8-11,19,22,24H,6-7,12-18,20-21H2,1-3H3/t22-,24-/m1/s1. The van der Waals surface area contributed by atoms with Gasteiger partial charge in [-0.3, -0.25) is 19.3 Å². The number of hydrogen-bond donors (Lipinski definition) is 0. The van der Waals surface area contributed by atoms with Gasteiger partial charge in [0.25, 0.3) is 11.8 Å². The lowest BCUT2D eigenvalue weighted by Gasteiger charge is -2.40. The summed E-state index contributed by atoms with van der Waals surface area (Å²) >= 11 is 0. The van der Waals surface area contributed by atoms with Crippen LogP contribution in [0.3, 0.4) is 0 Å². The molecule has 0 spiro atoms. The molecule has 218 valence electrons. The van der Waals surface area contributed by atoms with E-state index in [1.54, 1.807) is 13.2 Å². The lowest BCUT2D eigenvalue weighted by molar-refractivity contribution is -0.136. The van der Waals surface area contributed by atoms with Crippen molar-refractivity contribution < 1.29 is 23.9 Å². The maximum absolute atomic E-state index is 13.8. The van der Waals surface area contributed by atoms with Gasteiger partial charge in [-0.05, 0) is 63.8 Å². The van der Waals surface area contributed by atoms with E-state index < -0.39 is 0 Å². The predicted molar refractivity (Wildman–Crippen MR) is 157 cm³/mol. The van der Waals surface area contributed by atoms with Crippen molar-refractivity contribution in [1.82, 2.24) is 9.80 Å². The van der Waals surface area contributed by atoms with Gasteiger partial charge in [0.15, 0.2) is 0 Å². The average Bonchev–Trinajstić information content (AvgIpc) is 3.25. The number of rotatable bonds is 5. The molecule has 41 heavy (non-hydrogen) atoms. The van der Waals surface area contributed by atoms with Gasteiger partial charge < -0.3 is 24.2 Å². The van der Waals surface area contributed by atoms with Crippen LogP contribution in [0.2, 0.25) is 0 Å². The van der Waals surface area contributed by atoms with Crippen LogP contribution in [0.25, 0.3) is 0 Å². The molecule has 3 amide bonds. The van der Waals surface area contributed by atoms with Crippen LogP contribution >= 0.6 is 0 Å². The topological polar surface area (TPSA) is 82.6 Å². The van der Waals surface area contributed by atoms with E-state index in [-0.39, 0.29) is 35.3 Å². The Morgan fingerprint density at radius 2 is 1.73 bits per heavy atom. The predicted octanol–water partition coefficient (Wildman–Crippen LogP) is 3.81. The second-order valence-corrected chi connectivity index (χ2v) is 12.2. The fraction of sp³-hybridized carbons (Fsp3) is 0.531. The third-order valence-corrected chi connectivity index (χ3v) is 9.08. The minimum Gasteiger partial charge on any atom is -0.497 e. The van der Waals surface area contributed by atoms with E-state index in [1.807, 2.05) is 49.1 Å². The van der Waals surface area contributed by atoms with Gasteiger partial charge in [-0.15, -0.1) is 0 Å². The van der Waals surface area contributed by atoms with Crippen LogP contribution in [0, 0.1) is 5.92 Å². The second kappa shape index (κ2) is 11.0. The zero-order valence-corrected chi connectivity index (χ0v) is 24.3. The number of amides is 3. The molecule has 3 saturated heterocycles. The Balaban J connectivity index is 1.14. The molecule has 4 aliphatic heterocycles. The summed E-state index contributed by atoms with van der Waals surface area (Å²) in [6.07, 6.45) is 2.97. The van der Waals surface area contributed by atoms with Crippen LogP contribution in [0.1, 0.15) is 60.2 Å². The van der Waals surface area contributed by atoms with Crippen molar-refractivity contribution in [2.75, 3.05) is 62.8 Å². The minimum absolute atomic E-state index is 0.137. The summed E-state index contributed by atoms with van der Waals surface area (Å²) in [5.74, 6) is 0.442. The van der Waals surface area contributed by atoms with E-state index in [0.29, 0.717) is 50.2 Å². The summed E-state index contributed by atoms with van der Waals surface area (Å²) in [5, 5.41) is 0. The van der Waals surface area contributed by atoms with Crippen LogP contribution in [0.4, 0.5) is 11.4 Å². The molecule has 0 aliphatic carbocycles. The number of methoxy groups -OCH3 is 1. The maximum atomic E-state index is 13.8. The summed E-state index contributed by atoms with van der Waals surface area (Å²) < 4.78 is 11.2. The SMILES string of the molecule is COc1cccc(N2CCN(C(=O)[C@@H]3CCCN(c4cccc5c4C(=O)N([C@@H]4CCOC(C)(C)C4)C5=O)C3)CC2)c1. The Labute approximate surface area is 242 Å². The number of fused-ring (bicyclic) bond motifs is 1. The van der Waals surface area contributed by atoms with Crippen LogP contribution in [-0.4, -0.2) is 92.1 Å². The van der Waals surface area contributed by atoms with Crippen LogP contribution < -0.4 is 14.5 Å². The molecule has 9 heteroatoms. The highest BCUT2D eigenvalue weighted by atomic mass is 16.5. The summed E-state index contributed by atoms with van der Waals surface area (Å²) in [6, 6.07) is 13.4. The van der Waals surface area contributed by atoms with Gasteiger partial charge in [0.2, 0.25) is 5.91 Å². The first-order chi connectivity index (χ1) is 19.8. The summed E-state index contributed by atoms with van der Waals surface area (Å²) in [4.78, 5) is 48.8. The molecule has 4 heterocycles. The van der Waals surface area contributed by atoms with Crippen LogP contribution in [-0.2, 0) is 9.53 Å². The number of ether oxygens (including phenoxy) is 2. The normalized spacial score (nSPS) is 24.5. The molecule has 2 aromatic rings. The Hall–Kier alpha value is -3.59. The molecule has 0 bridgehead atoms. The number of piperidine rings is 1. The number of imide groups is 1. The third kappa shape index (κ3) is 5.27. The van der Waals surface area contributed by atoms with E-state index in [2.05, 4.69) is 15.9 Å². The summed E-state index contributed by atoms with van der Waals surface area (Å²) in [5.41, 5.74) is 2.47. The minimum atomic E-state index is -0.374. The molecule has 0 radical (unpaired) electrons. The first-order valence-corrected chi connectivity index (χ1v) is 14.8. The van der Waals surface area contributed by atoms with Gasteiger partial charge >= 0.3 is 0 Å². The van der Waals surface area contributed by atoms with E-state index in [4.69, 9.17) is 9.47 Å². The molecule has 2 aromatic carbocycles. The lowest BCUT2D eigenvalue weighted by Crippen LogP contribution is -2.52. The molecule has 0 N–H and O–H groups in total. The quantitative estimate of drug-likeness (QED) is 0.515. The van der Waals surface area contributed by atoms with E-state index in [9.17, 15) is 14.4 Å². The number of anilines is 2. The van der Waals surface area contributed by atoms with Gasteiger partial charge in [-0.1, -0.05) is 12.1 Å². The van der Waals surface area contributed by atoms with Crippen molar-refractivity contribution in [3.63, 3.8) is 0 Å². The number of carbonyl (C=O) groups excluding carboxylic acids is 3. The van der Waals surface area contributed by atoms with E-state index in [1.165, 1.54) is 4.90 Å². The first-order valence-electron chi connectivity index (χ1n) is 14.8. The monoisotopic (exact) mass is 560 g/mol. The number of piperazine rings is 1. The molecule has 0 saturated carbocycles. The highest BCUT2D eigenvalue weighted by molar-refractivity contribution is 6.24. The van der Waals surface area contributed by atoms with Gasteiger partial charge in [0, 0.05) is 63.7 Å². The highest BCUT2D eigenvalue weighted by Crippen LogP contribution is 2.38. The molecule has 2 atom stereocenters. The zero-order chi connectivity index (χ0) is 28.7. The number of hydrogen-bond acceptors (Lipinski definition) is 7. The fourth-order valence-electron chi connectivity index (χ4n) is 6.95. The van der Waals surface area contributed by atoms with E-state index in [0.717, 1.165) is 49.6 Å². The highest BCUT2D eigenvalue weighted by Gasteiger charge is 2.45. The molecule has 0 aromatic heterocycles. The van der Waals surface area contributed by atoms with Crippen molar-refractivity contribution in [1.29, 1.82) is 0 Å². The second-order valence-electron chi connectivity index (χ2n) is 12.2. The molecule has 4 aliphatic rings. The van der Waals surface area contributed by atoms with Crippen molar-refractivity contribution in [3.8, 4) is 5.75 Å². The summed E-state index contributed by atoms with van der Waals surface area (Å²) in [7, 11) is 1.67. The molecule has 6 rings (SSSR count). The average molecular weight is 561 g/mol. The largest absolute Gasteiger partial charge is 0.497 e. The smallest absolute Gasteiger partial charge is 0.263 e. The Kier molecular flexibility index (Phi) is 7.40. The van der Waals surface area contributed by atoms with Gasteiger partial charge in [0.1, 0.15) is 5.75 Å². The van der Waals surface area contributed by atoms with Gasteiger partial charge in [-0.2, -0.15) is 0 Å². The van der Waals surface area contributed by atoms with Crippen molar-refractivity contribution in [2.24, 2.45) is 5.92 Å². The maximum Gasteiger partial charge on any atom is 0.263 e. The number of benzene rings is 2. The molecule has 3 fully saturated rings. The first kappa shape index (κ1) is 27.6. The molecular formula is C32H40N4O5. The molecular weight excluding hydrogens is 520 g/mol. The lowest BCUT2D eigenvalue weighted by atomic mass is 9.93. The van der Waals surface area contributed by atoms with Gasteiger partial charge in [0.05, 0.1) is 35.4 Å². The van der Waals surface area contributed by atoms with Crippen molar-refractivity contribution in [3.05, 3.63) is 53.6 Å². The van der Waals surface area contributed by atoms with Crippen molar-refractivity contribution >= 4 is 29.1 Å². The van der Waals surface area contributed by atoms with Crippen LogP contribution in [0.5, 0.6) is 5.75 Å². The van der Waals surface area contributed by atoms with Crippen molar-refractivity contribution in [2.45, 2.75) is 51.2 Å². The Morgan fingerprint density at radius 1 is 0.951 bits per heavy atom. The van der Waals surface area contributed by atoms with Crippen LogP contribution in [0.15, 0.2) is 42.5 Å².